The van der Waals surface area contributed by atoms with Crippen LogP contribution in [0.1, 0.15) is 36.9 Å². The SMILES string of the molecule is CCC[C@H](N)c1ccc(C(F)(F)F)cc1F.Cl. The lowest BCUT2D eigenvalue weighted by Crippen LogP contribution is -2.13. The number of hydrogen-bond donors (Lipinski definition) is 1. The highest BCUT2D eigenvalue weighted by atomic mass is 35.5. The number of nitrogens with two attached hydrogens (primary N) is 1. The molecule has 0 fully saturated rings. The van der Waals surface area contributed by atoms with Gasteiger partial charge in [-0.3, -0.25) is 0 Å². The van der Waals surface area contributed by atoms with E-state index in [-0.39, 0.29) is 18.0 Å². The van der Waals surface area contributed by atoms with Crippen molar-refractivity contribution >= 4 is 12.4 Å². The molecule has 6 heteroatoms. The van der Waals surface area contributed by atoms with Gasteiger partial charge in [0.2, 0.25) is 0 Å². The zero-order chi connectivity index (χ0) is 12.3. The van der Waals surface area contributed by atoms with Crippen LogP contribution in [0.5, 0.6) is 0 Å². The number of halogens is 5. The van der Waals surface area contributed by atoms with Crippen molar-refractivity contribution in [1.29, 1.82) is 0 Å². The molecule has 0 bridgehead atoms. The molecule has 98 valence electrons. The summed E-state index contributed by atoms with van der Waals surface area (Å²) < 4.78 is 50.1. The van der Waals surface area contributed by atoms with Crippen LogP contribution in [0.2, 0.25) is 0 Å². The number of benzene rings is 1. The molecule has 0 saturated heterocycles. The van der Waals surface area contributed by atoms with Crippen molar-refractivity contribution < 1.29 is 17.6 Å². The van der Waals surface area contributed by atoms with E-state index in [0.717, 1.165) is 18.6 Å². The average molecular weight is 272 g/mol. The van der Waals surface area contributed by atoms with Crippen molar-refractivity contribution in [3.8, 4) is 0 Å². The van der Waals surface area contributed by atoms with E-state index >= 15 is 0 Å². The van der Waals surface area contributed by atoms with Gasteiger partial charge in [-0.1, -0.05) is 19.4 Å². The monoisotopic (exact) mass is 271 g/mol. The highest BCUT2D eigenvalue weighted by Crippen LogP contribution is 2.31. The lowest BCUT2D eigenvalue weighted by Gasteiger charge is -2.13. The van der Waals surface area contributed by atoms with E-state index in [1.807, 2.05) is 6.92 Å². The first kappa shape index (κ1) is 16.2. The van der Waals surface area contributed by atoms with Crippen LogP contribution in [0.25, 0.3) is 0 Å². The molecule has 2 N–H and O–H groups in total. The molecule has 0 aromatic heterocycles. The minimum Gasteiger partial charge on any atom is -0.324 e. The van der Waals surface area contributed by atoms with Crippen LogP contribution in [0, 0.1) is 5.82 Å². The maximum atomic E-state index is 13.4. The normalized spacial score (nSPS) is 13.1. The molecular weight excluding hydrogens is 258 g/mol. The maximum absolute atomic E-state index is 13.4. The third kappa shape index (κ3) is 4.16. The van der Waals surface area contributed by atoms with Gasteiger partial charge in [0.1, 0.15) is 5.82 Å². The third-order valence-corrected chi connectivity index (χ3v) is 2.33. The zero-order valence-electron chi connectivity index (χ0n) is 9.22. The molecular formula is C11H14ClF4N. The van der Waals surface area contributed by atoms with Crippen LogP contribution < -0.4 is 5.73 Å². The Morgan fingerprint density at radius 3 is 2.29 bits per heavy atom. The predicted molar refractivity (Wildman–Crippen MR) is 60.5 cm³/mol. The van der Waals surface area contributed by atoms with Gasteiger partial charge in [0.15, 0.2) is 0 Å². The molecule has 1 aromatic carbocycles. The average Bonchev–Trinajstić information content (AvgIpc) is 2.16. The lowest BCUT2D eigenvalue weighted by molar-refractivity contribution is -0.137. The summed E-state index contributed by atoms with van der Waals surface area (Å²) in [6, 6.07) is 1.91. The Bertz CT molecular complexity index is 365. The van der Waals surface area contributed by atoms with Gasteiger partial charge in [-0.25, -0.2) is 4.39 Å². The maximum Gasteiger partial charge on any atom is 0.416 e. The molecule has 17 heavy (non-hydrogen) atoms. The summed E-state index contributed by atoms with van der Waals surface area (Å²) in [5.41, 5.74) is 4.79. The van der Waals surface area contributed by atoms with Crippen molar-refractivity contribution in [1.82, 2.24) is 0 Å². The van der Waals surface area contributed by atoms with Gasteiger partial charge >= 0.3 is 6.18 Å². The first-order valence-electron chi connectivity index (χ1n) is 4.98. The number of alkyl halides is 3. The van der Waals surface area contributed by atoms with Gasteiger partial charge in [-0.05, 0) is 18.6 Å². The fraction of sp³-hybridized carbons (Fsp3) is 0.455. The minimum absolute atomic E-state index is 0. The molecule has 0 aliphatic carbocycles. The van der Waals surface area contributed by atoms with Crippen molar-refractivity contribution in [2.75, 3.05) is 0 Å². The molecule has 0 aliphatic rings. The van der Waals surface area contributed by atoms with Crippen molar-refractivity contribution in [2.45, 2.75) is 32.0 Å². The van der Waals surface area contributed by atoms with Gasteiger partial charge in [0.05, 0.1) is 5.56 Å². The first-order chi connectivity index (χ1) is 7.36. The van der Waals surface area contributed by atoms with Gasteiger partial charge in [0.25, 0.3) is 0 Å². The Labute approximate surface area is 103 Å². The Hall–Kier alpha value is -0.810. The van der Waals surface area contributed by atoms with Crippen molar-refractivity contribution in [2.24, 2.45) is 5.73 Å². The Kier molecular flexibility index (Phi) is 5.92. The van der Waals surface area contributed by atoms with E-state index in [0.29, 0.717) is 12.5 Å². The van der Waals surface area contributed by atoms with E-state index in [2.05, 4.69) is 0 Å². The van der Waals surface area contributed by atoms with E-state index < -0.39 is 23.6 Å². The molecule has 0 saturated carbocycles. The Balaban J connectivity index is 0.00000256. The molecule has 0 heterocycles. The summed E-state index contributed by atoms with van der Waals surface area (Å²) >= 11 is 0. The molecule has 0 radical (unpaired) electrons. The summed E-state index contributed by atoms with van der Waals surface area (Å²) in [5, 5.41) is 0. The van der Waals surface area contributed by atoms with Crippen LogP contribution in [-0.2, 0) is 6.18 Å². The smallest absolute Gasteiger partial charge is 0.324 e. The number of rotatable bonds is 3. The second-order valence-electron chi connectivity index (χ2n) is 3.63. The van der Waals surface area contributed by atoms with Crippen molar-refractivity contribution in [3.05, 3.63) is 35.1 Å². The minimum atomic E-state index is -4.52. The fourth-order valence-corrected chi connectivity index (χ4v) is 1.47. The molecule has 0 spiro atoms. The first-order valence-corrected chi connectivity index (χ1v) is 4.98. The lowest BCUT2D eigenvalue weighted by atomic mass is 10.0. The summed E-state index contributed by atoms with van der Waals surface area (Å²) in [7, 11) is 0. The summed E-state index contributed by atoms with van der Waals surface area (Å²) in [6.07, 6.45) is -3.22. The van der Waals surface area contributed by atoms with E-state index in [1.54, 1.807) is 0 Å². The zero-order valence-corrected chi connectivity index (χ0v) is 10.0. The standard InChI is InChI=1S/C11H13F4N.ClH/c1-2-3-10(16)8-5-4-7(6-9(8)12)11(13,14)15;/h4-6,10H,2-3,16H2,1H3;1H/t10-;/m0./s1. The van der Waals surface area contributed by atoms with Crippen LogP contribution in [0.4, 0.5) is 17.6 Å². The molecule has 0 unspecified atom stereocenters. The molecule has 1 aromatic rings. The molecule has 0 aliphatic heterocycles. The molecule has 0 amide bonds. The highest BCUT2D eigenvalue weighted by Gasteiger charge is 2.31. The van der Waals surface area contributed by atoms with Gasteiger partial charge in [-0.15, -0.1) is 12.4 Å². The topological polar surface area (TPSA) is 26.0 Å². The largest absolute Gasteiger partial charge is 0.416 e. The van der Waals surface area contributed by atoms with Crippen LogP contribution in [0.3, 0.4) is 0 Å². The summed E-state index contributed by atoms with van der Waals surface area (Å²) in [6.45, 7) is 1.88. The van der Waals surface area contributed by atoms with Crippen LogP contribution in [-0.4, -0.2) is 0 Å². The van der Waals surface area contributed by atoms with E-state index in [9.17, 15) is 17.6 Å². The summed E-state index contributed by atoms with van der Waals surface area (Å²) in [4.78, 5) is 0. The predicted octanol–water partition coefficient (Wildman–Crippen LogP) is 4.07. The molecule has 1 nitrogen and oxygen atoms in total. The van der Waals surface area contributed by atoms with Gasteiger partial charge < -0.3 is 5.73 Å². The van der Waals surface area contributed by atoms with Gasteiger partial charge in [0, 0.05) is 11.6 Å². The van der Waals surface area contributed by atoms with E-state index in [4.69, 9.17) is 5.73 Å². The Morgan fingerprint density at radius 2 is 1.88 bits per heavy atom. The number of hydrogen-bond acceptors (Lipinski definition) is 1. The van der Waals surface area contributed by atoms with E-state index in [1.165, 1.54) is 0 Å². The summed E-state index contributed by atoms with van der Waals surface area (Å²) in [5.74, 6) is -0.893. The van der Waals surface area contributed by atoms with Gasteiger partial charge in [-0.2, -0.15) is 13.2 Å². The van der Waals surface area contributed by atoms with Crippen LogP contribution >= 0.6 is 12.4 Å². The quantitative estimate of drug-likeness (QED) is 0.824. The Morgan fingerprint density at radius 1 is 1.29 bits per heavy atom. The second kappa shape index (κ2) is 6.21. The second-order valence-corrected chi connectivity index (χ2v) is 3.63. The molecule has 1 rings (SSSR count). The van der Waals surface area contributed by atoms with Crippen LogP contribution in [0.15, 0.2) is 18.2 Å². The fourth-order valence-electron chi connectivity index (χ4n) is 1.47. The van der Waals surface area contributed by atoms with Crippen molar-refractivity contribution in [3.63, 3.8) is 0 Å². The highest BCUT2D eigenvalue weighted by molar-refractivity contribution is 5.85. The molecule has 1 atom stereocenters. The third-order valence-electron chi connectivity index (χ3n) is 2.33.